The van der Waals surface area contributed by atoms with E-state index >= 15 is 0 Å². The molecule has 3 aromatic carbocycles. The summed E-state index contributed by atoms with van der Waals surface area (Å²) in [5, 5.41) is 11.2. The van der Waals surface area contributed by atoms with Gasteiger partial charge in [0.1, 0.15) is 17.1 Å². The average molecular weight is 488 g/mol. The Morgan fingerprint density at radius 2 is 1.37 bits per heavy atom. The first-order valence-corrected chi connectivity index (χ1v) is 11.3. The molecule has 178 valence electrons. The molecule has 0 bridgehead atoms. The van der Waals surface area contributed by atoms with Crippen molar-refractivity contribution in [2.75, 3.05) is 14.2 Å². The van der Waals surface area contributed by atoms with Crippen molar-refractivity contribution in [2.24, 2.45) is 4.99 Å². The Hall–Kier alpha value is -4.17. The quantitative estimate of drug-likeness (QED) is 0.284. The largest absolute Gasteiger partial charge is 0.497 e. The summed E-state index contributed by atoms with van der Waals surface area (Å²) in [7, 11) is 3.14. The van der Waals surface area contributed by atoms with Crippen LogP contribution in [0.25, 0.3) is 11.4 Å². The summed E-state index contributed by atoms with van der Waals surface area (Å²) < 4.78 is 13.4. The van der Waals surface area contributed by atoms with Gasteiger partial charge < -0.3 is 14.6 Å². The van der Waals surface area contributed by atoms with Gasteiger partial charge in [0.05, 0.1) is 31.6 Å². The molecular weight excluding hydrogens is 462 g/mol. The van der Waals surface area contributed by atoms with E-state index in [1.807, 2.05) is 37.3 Å². The predicted octanol–water partition coefficient (Wildman–Crippen LogP) is 5.26. The third-order valence-corrected chi connectivity index (χ3v) is 6.00. The van der Waals surface area contributed by atoms with Crippen LogP contribution in [0.5, 0.6) is 17.4 Å². The lowest BCUT2D eigenvalue weighted by Gasteiger charge is -2.17. The Morgan fingerprint density at radius 1 is 0.857 bits per heavy atom. The molecule has 7 nitrogen and oxygen atoms in total. The summed E-state index contributed by atoms with van der Waals surface area (Å²) in [6.07, 6.45) is 1.41. The zero-order chi connectivity index (χ0) is 24.9. The Bertz CT molecular complexity index is 1460. The van der Waals surface area contributed by atoms with Crippen LogP contribution in [0.15, 0.2) is 88.6 Å². The van der Waals surface area contributed by atoms with Crippen molar-refractivity contribution < 1.29 is 14.6 Å². The zero-order valence-corrected chi connectivity index (χ0v) is 20.4. The number of benzene rings is 3. The molecule has 0 saturated heterocycles. The van der Waals surface area contributed by atoms with E-state index < -0.39 is 5.56 Å². The minimum absolute atomic E-state index is 0.0213. The maximum absolute atomic E-state index is 13.6. The molecule has 0 radical (unpaired) electrons. The number of ether oxygens (including phenoxy) is 2. The Kier molecular flexibility index (Phi) is 7.12. The monoisotopic (exact) mass is 487 g/mol. The molecule has 0 aliphatic heterocycles. The van der Waals surface area contributed by atoms with Gasteiger partial charge >= 0.3 is 0 Å². The molecule has 4 rings (SSSR count). The molecule has 1 atom stereocenters. The minimum atomic E-state index is -0.480. The molecule has 1 unspecified atom stereocenters. The van der Waals surface area contributed by atoms with Gasteiger partial charge in [-0.25, -0.2) is 0 Å². The number of hydrogen-bond acceptors (Lipinski definition) is 6. The molecule has 4 aromatic rings. The smallest absolute Gasteiger partial charge is 0.271 e. The lowest BCUT2D eigenvalue weighted by atomic mass is 10.1. The predicted molar refractivity (Wildman–Crippen MR) is 139 cm³/mol. The lowest BCUT2D eigenvalue weighted by Crippen LogP contribution is -2.27. The summed E-state index contributed by atoms with van der Waals surface area (Å²) in [6.45, 7) is 1.92. The molecule has 0 saturated carbocycles. The fraction of sp³-hybridized carbons (Fsp3) is 0.148. The van der Waals surface area contributed by atoms with Crippen molar-refractivity contribution in [1.29, 1.82) is 0 Å². The lowest BCUT2D eigenvalue weighted by molar-refractivity contribution is 0.414. The molecule has 0 amide bonds. The van der Waals surface area contributed by atoms with E-state index in [1.54, 1.807) is 62.8 Å². The SMILES string of the molecule is COc1ccc(-n2c(O)c(C=NC(C)c3ccccc3)c(=O)n(-c3ccc(OC)cc3)c2=S)cc1. The fourth-order valence-electron chi connectivity index (χ4n) is 3.65. The third-order valence-electron chi connectivity index (χ3n) is 5.64. The molecular formula is C27H25N3O4S. The Labute approximate surface area is 208 Å². The average Bonchev–Trinajstić information content (AvgIpc) is 2.89. The second kappa shape index (κ2) is 10.4. The van der Waals surface area contributed by atoms with Gasteiger partial charge in [-0.15, -0.1) is 0 Å². The maximum atomic E-state index is 13.6. The van der Waals surface area contributed by atoms with Crippen LogP contribution < -0.4 is 15.0 Å². The van der Waals surface area contributed by atoms with Crippen molar-refractivity contribution >= 4 is 18.4 Å². The summed E-state index contributed by atoms with van der Waals surface area (Å²) in [6, 6.07) is 23.5. The van der Waals surface area contributed by atoms with E-state index in [9.17, 15) is 9.90 Å². The first-order valence-electron chi connectivity index (χ1n) is 10.9. The topological polar surface area (TPSA) is 78.0 Å². The van der Waals surface area contributed by atoms with Gasteiger partial charge in [-0.2, -0.15) is 0 Å². The van der Waals surface area contributed by atoms with E-state index in [2.05, 4.69) is 4.99 Å². The van der Waals surface area contributed by atoms with Crippen molar-refractivity contribution in [1.82, 2.24) is 9.13 Å². The number of aromatic hydroxyl groups is 1. The Balaban J connectivity index is 1.93. The fourth-order valence-corrected chi connectivity index (χ4v) is 4.03. The molecule has 35 heavy (non-hydrogen) atoms. The van der Waals surface area contributed by atoms with E-state index in [1.165, 1.54) is 15.3 Å². The van der Waals surface area contributed by atoms with Crippen molar-refractivity contribution in [3.8, 4) is 28.8 Å². The van der Waals surface area contributed by atoms with Crippen LogP contribution in [0.4, 0.5) is 0 Å². The van der Waals surface area contributed by atoms with E-state index in [4.69, 9.17) is 21.7 Å². The van der Waals surface area contributed by atoms with E-state index in [-0.39, 0.29) is 22.3 Å². The second-order valence-corrected chi connectivity index (χ2v) is 8.12. The van der Waals surface area contributed by atoms with Crippen molar-refractivity contribution in [3.63, 3.8) is 0 Å². The molecule has 0 aliphatic rings. The highest BCUT2D eigenvalue weighted by molar-refractivity contribution is 7.71. The van der Waals surface area contributed by atoms with Crippen molar-refractivity contribution in [3.05, 3.63) is 105 Å². The van der Waals surface area contributed by atoms with E-state index in [0.29, 0.717) is 22.9 Å². The molecule has 0 fully saturated rings. The first kappa shape index (κ1) is 24.0. The van der Waals surface area contributed by atoms with Gasteiger partial charge in [0.25, 0.3) is 5.56 Å². The first-order chi connectivity index (χ1) is 16.9. The van der Waals surface area contributed by atoms with Crippen LogP contribution in [-0.4, -0.2) is 34.7 Å². The molecule has 8 heteroatoms. The number of aromatic nitrogens is 2. The highest BCUT2D eigenvalue weighted by Crippen LogP contribution is 2.25. The van der Waals surface area contributed by atoms with Crippen molar-refractivity contribution in [2.45, 2.75) is 13.0 Å². The van der Waals surface area contributed by atoms with Crippen LogP contribution in [-0.2, 0) is 0 Å². The van der Waals surface area contributed by atoms with Gasteiger partial charge in [0, 0.05) is 6.21 Å². The molecule has 0 spiro atoms. The van der Waals surface area contributed by atoms with E-state index in [0.717, 1.165) is 5.56 Å². The summed E-state index contributed by atoms with van der Waals surface area (Å²) in [5.41, 5.74) is 1.64. The molecule has 1 heterocycles. The van der Waals surface area contributed by atoms with Gasteiger partial charge in [0.15, 0.2) is 4.77 Å². The highest BCUT2D eigenvalue weighted by Gasteiger charge is 2.18. The van der Waals surface area contributed by atoms with Gasteiger partial charge in [-0.05, 0) is 73.2 Å². The van der Waals surface area contributed by atoms with Crippen LogP contribution in [0.1, 0.15) is 24.1 Å². The van der Waals surface area contributed by atoms with Gasteiger partial charge in [0.2, 0.25) is 5.88 Å². The second-order valence-electron chi connectivity index (χ2n) is 7.76. The molecule has 1 N–H and O–H groups in total. The molecule has 0 aliphatic carbocycles. The zero-order valence-electron chi connectivity index (χ0n) is 19.6. The Morgan fingerprint density at radius 3 is 1.89 bits per heavy atom. The number of nitrogens with zero attached hydrogens (tertiary/aromatic N) is 3. The van der Waals surface area contributed by atoms with Crippen LogP contribution in [0.3, 0.4) is 0 Å². The summed E-state index contributed by atoms with van der Waals surface area (Å²) in [5.74, 6) is 1.01. The van der Waals surface area contributed by atoms with Gasteiger partial charge in [-0.3, -0.25) is 18.9 Å². The third kappa shape index (κ3) is 4.88. The maximum Gasteiger partial charge on any atom is 0.271 e. The number of methoxy groups -OCH3 is 2. The number of aliphatic imine (C=N–C) groups is 1. The van der Waals surface area contributed by atoms with Gasteiger partial charge in [-0.1, -0.05) is 30.3 Å². The number of rotatable bonds is 7. The van der Waals surface area contributed by atoms with Crippen LogP contribution in [0.2, 0.25) is 0 Å². The summed E-state index contributed by atoms with van der Waals surface area (Å²) in [4.78, 5) is 18.1. The van der Waals surface area contributed by atoms with Crippen LogP contribution in [0, 0.1) is 4.77 Å². The summed E-state index contributed by atoms with van der Waals surface area (Å²) >= 11 is 5.68. The molecule has 1 aromatic heterocycles. The normalized spacial score (nSPS) is 12.0. The highest BCUT2D eigenvalue weighted by atomic mass is 32.1. The van der Waals surface area contributed by atoms with Crippen LogP contribution >= 0.6 is 12.2 Å². The standard InChI is InChI=1S/C27H25N3O4S/c1-18(19-7-5-4-6-8-19)28-17-24-25(31)29(20-9-13-22(33-2)14-10-20)27(35)30(26(24)32)21-11-15-23(34-3)16-12-21/h4-18,31H,1-3H3. The number of hydrogen-bond donors (Lipinski definition) is 1. The minimum Gasteiger partial charge on any atom is -0.497 e.